The van der Waals surface area contributed by atoms with Gasteiger partial charge < -0.3 is 0 Å². The number of aryl methyl sites for hydroxylation is 1. The zero-order chi connectivity index (χ0) is 13.9. The first-order valence-electron chi connectivity index (χ1n) is 7.70. The van der Waals surface area contributed by atoms with Crippen LogP contribution in [0.4, 0.5) is 0 Å². The van der Waals surface area contributed by atoms with Crippen LogP contribution in [-0.4, -0.2) is 10.8 Å². The van der Waals surface area contributed by atoms with E-state index in [-0.39, 0.29) is 5.78 Å². The average Bonchev–Trinajstić information content (AvgIpc) is 2.42. The fourth-order valence-corrected chi connectivity index (χ4v) is 2.33. The fraction of sp³-hybridized carbons (Fsp3) is 0.647. The summed E-state index contributed by atoms with van der Waals surface area (Å²) in [4.78, 5) is 16.2. The highest BCUT2D eigenvalue weighted by Crippen LogP contribution is 2.13. The summed E-state index contributed by atoms with van der Waals surface area (Å²) < 4.78 is 0. The Hall–Kier alpha value is -1.18. The number of carbonyl (C=O) groups is 1. The molecular formula is C17H27NO. The Bertz CT molecular complexity index is 373. The topological polar surface area (TPSA) is 30.0 Å². The van der Waals surface area contributed by atoms with Crippen LogP contribution < -0.4 is 0 Å². The highest BCUT2D eigenvalue weighted by Gasteiger charge is 2.08. The van der Waals surface area contributed by atoms with Crippen molar-refractivity contribution in [2.45, 2.75) is 71.6 Å². The van der Waals surface area contributed by atoms with Gasteiger partial charge in [-0.3, -0.25) is 9.78 Å². The van der Waals surface area contributed by atoms with Crippen LogP contribution in [0.15, 0.2) is 18.3 Å². The molecule has 0 aliphatic rings. The molecule has 1 aromatic heterocycles. The molecule has 0 fully saturated rings. The van der Waals surface area contributed by atoms with Crippen molar-refractivity contribution in [2.24, 2.45) is 0 Å². The molecule has 0 atom stereocenters. The molecule has 19 heavy (non-hydrogen) atoms. The van der Waals surface area contributed by atoms with Gasteiger partial charge in [0.05, 0.1) is 0 Å². The van der Waals surface area contributed by atoms with Gasteiger partial charge in [0.1, 0.15) is 0 Å². The Balaban J connectivity index is 2.10. The maximum atomic E-state index is 12.0. The van der Waals surface area contributed by atoms with Crippen LogP contribution in [0.3, 0.4) is 0 Å². The first kappa shape index (κ1) is 15.9. The van der Waals surface area contributed by atoms with E-state index in [2.05, 4.69) is 11.9 Å². The largest absolute Gasteiger partial charge is 0.294 e. The lowest BCUT2D eigenvalue weighted by Gasteiger charge is -2.04. The normalized spacial score (nSPS) is 10.6. The predicted octanol–water partition coefficient (Wildman–Crippen LogP) is 5.10. The summed E-state index contributed by atoms with van der Waals surface area (Å²) in [5.74, 6) is 0.247. The molecule has 0 spiro atoms. The molecular weight excluding hydrogens is 234 g/mol. The molecule has 2 heteroatoms. The molecule has 2 nitrogen and oxygen atoms in total. The zero-order valence-corrected chi connectivity index (χ0v) is 12.5. The number of ketones is 1. The van der Waals surface area contributed by atoms with E-state index in [1.807, 2.05) is 19.1 Å². The van der Waals surface area contributed by atoms with E-state index in [1.165, 1.54) is 44.9 Å². The highest BCUT2D eigenvalue weighted by atomic mass is 16.1. The van der Waals surface area contributed by atoms with Gasteiger partial charge in [0.2, 0.25) is 0 Å². The van der Waals surface area contributed by atoms with Gasteiger partial charge in [-0.1, -0.05) is 51.9 Å². The molecule has 0 bridgehead atoms. The van der Waals surface area contributed by atoms with Crippen LogP contribution in [0, 0.1) is 6.92 Å². The van der Waals surface area contributed by atoms with E-state index in [1.54, 1.807) is 6.20 Å². The molecule has 106 valence electrons. The van der Waals surface area contributed by atoms with Gasteiger partial charge >= 0.3 is 0 Å². The van der Waals surface area contributed by atoms with E-state index in [0.29, 0.717) is 6.42 Å². The van der Waals surface area contributed by atoms with Gasteiger partial charge in [-0.15, -0.1) is 0 Å². The van der Waals surface area contributed by atoms with Crippen LogP contribution in [0.5, 0.6) is 0 Å². The minimum absolute atomic E-state index is 0.247. The van der Waals surface area contributed by atoms with Crippen molar-refractivity contribution in [1.29, 1.82) is 0 Å². The number of Topliss-reactive ketones (excluding diaryl/α,β-unsaturated/α-hetero) is 1. The first-order chi connectivity index (χ1) is 9.25. The van der Waals surface area contributed by atoms with Gasteiger partial charge in [-0.25, -0.2) is 0 Å². The van der Waals surface area contributed by atoms with Crippen LogP contribution in [-0.2, 0) is 0 Å². The second-order valence-electron chi connectivity index (χ2n) is 5.28. The van der Waals surface area contributed by atoms with Gasteiger partial charge in [0.25, 0.3) is 0 Å². The first-order valence-corrected chi connectivity index (χ1v) is 7.70. The number of aromatic nitrogens is 1. The number of pyridine rings is 1. The summed E-state index contributed by atoms with van der Waals surface area (Å²) in [5, 5.41) is 0. The molecule has 1 aromatic rings. The molecule has 0 aromatic carbocycles. The summed E-state index contributed by atoms with van der Waals surface area (Å²) in [6, 6.07) is 3.73. The van der Waals surface area contributed by atoms with E-state index in [9.17, 15) is 4.79 Å². The number of carbonyl (C=O) groups excluding carboxylic acids is 1. The summed E-state index contributed by atoms with van der Waals surface area (Å²) in [5.41, 5.74) is 1.65. The minimum Gasteiger partial charge on any atom is -0.294 e. The molecule has 0 amide bonds. The highest BCUT2D eigenvalue weighted by molar-refractivity contribution is 5.96. The van der Waals surface area contributed by atoms with Crippen LogP contribution >= 0.6 is 0 Å². The van der Waals surface area contributed by atoms with E-state index >= 15 is 0 Å². The third-order valence-electron chi connectivity index (χ3n) is 3.56. The molecule has 0 aliphatic carbocycles. The maximum Gasteiger partial charge on any atom is 0.164 e. The quantitative estimate of drug-likeness (QED) is 0.433. The molecule has 0 saturated heterocycles. The van der Waals surface area contributed by atoms with Crippen LogP contribution in [0.2, 0.25) is 0 Å². The van der Waals surface area contributed by atoms with Crippen molar-refractivity contribution in [3.63, 3.8) is 0 Å². The van der Waals surface area contributed by atoms with E-state index in [0.717, 1.165) is 17.7 Å². The van der Waals surface area contributed by atoms with Gasteiger partial charge in [0.15, 0.2) is 5.78 Å². The number of hydrogen-bond acceptors (Lipinski definition) is 2. The monoisotopic (exact) mass is 261 g/mol. The number of hydrogen-bond donors (Lipinski definition) is 0. The van der Waals surface area contributed by atoms with E-state index in [4.69, 9.17) is 0 Å². The zero-order valence-electron chi connectivity index (χ0n) is 12.5. The summed E-state index contributed by atoms with van der Waals surface area (Å²) >= 11 is 0. The molecule has 0 unspecified atom stereocenters. The van der Waals surface area contributed by atoms with Crippen molar-refractivity contribution in [3.05, 3.63) is 29.6 Å². The van der Waals surface area contributed by atoms with Gasteiger partial charge in [-0.05, 0) is 25.5 Å². The second-order valence-corrected chi connectivity index (χ2v) is 5.28. The predicted molar refractivity (Wildman–Crippen MR) is 80.5 cm³/mol. The van der Waals surface area contributed by atoms with Crippen molar-refractivity contribution in [2.75, 3.05) is 0 Å². The molecule has 0 saturated carbocycles. The lowest BCUT2D eigenvalue weighted by atomic mass is 10.0. The standard InChI is InChI=1S/C17H27NO/c1-3-4-5-6-7-8-9-10-13-17(19)16-12-11-14-18-15(16)2/h11-12,14H,3-10,13H2,1-2H3. The fourth-order valence-electron chi connectivity index (χ4n) is 2.33. The maximum absolute atomic E-state index is 12.0. The van der Waals surface area contributed by atoms with Crippen LogP contribution in [0.25, 0.3) is 0 Å². The van der Waals surface area contributed by atoms with Crippen LogP contribution in [0.1, 0.15) is 80.8 Å². The Morgan fingerprint density at radius 2 is 1.68 bits per heavy atom. The smallest absolute Gasteiger partial charge is 0.164 e. The molecule has 0 radical (unpaired) electrons. The Morgan fingerprint density at radius 1 is 1.05 bits per heavy atom. The summed E-state index contributed by atoms with van der Waals surface area (Å²) in [6.07, 6.45) is 12.6. The van der Waals surface area contributed by atoms with Crippen molar-refractivity contribution in [1.82, 2.24) is 4.98 Å². The summed E-state index contributed by atoms with van der Waals surface area (Å²) in [7, 11) is 0. The second kappa shape index (κ2) is 9.71. The summed E-state index contributed by atoms with van der Waals surface area (Å²) in [6.45, 7) is 4.15. The SMILES string of the molecule is CCCCCCCCCCC(=O)c1cccnc1C. The molecule has 1 heterocycles. The van der Waals surface area contributed by atoms with Crippen molar-refractivity contribution in [3.8, 4) is 0 Å². The van der Waals surface area contributed by atoms with E-state index < -0.39 is 0 Å². The number of unbranched alkanes of at least 4 members (excludes halogenated alkanes) is 7. The Morgan fingerprint density at radius 3 is 2.32 bits per heavy atom. The third kappa shape index (κ3) is 6.51. The van der Waals surface area contributed by atoms with Crippen molar-refractivity contribution >= 4 is 5.78 Å². The minimum atomic E-state index is 0.247. The molecule has 0 aliphatic heterocycles. The molecule has 1 rings (SSSR count). The van der Waals surface area contributed by atoms with Gasteiger partial charge in [-0.2, -0.15) is 0 Å². The number of rotatable bonds is 10. The number of nitrogens with zero attached hydrogens (tertiary/aromatic N) is 1. The lowest BCUT2D eigenvalue weighted by Crippen LogP contribution is -2.02. The Kier molecular flexibility index (Phi) is 8.11. The average molecular weight is 261 g/mol. The Labute approximate surface area is 117 Å². The van der Waals surface area contributed by atoms with Gasteiger partial charge in [0, 0.05) is 23.9 Å². The third-order valence-corrected chi connectivity index (χ3v) is 3.56. The molecule has 0 N–H and O–H groups in total. The lowest BCUT2D eigenvalue weighted by molar-refractivity contribution is 0.0978. The van der Waals surface area contributed by atoms with Crippen molar-refractivity contribution < 1.29 is 4.79 Å².